The number of rotatable bonds is 2. The highest BCUT2D eigenvalue weighted by Gasteiger charge is 2.36. The molecule has 2 aromatic rings. The summed E-state index contributed by atoms with van der Waals surface area (Å²) in [4.78, 5) is 30.0. The predicted molar refractivity (Wildman–Crippen MR) is 92.8 cm³/mol. The molecule has 0 aliphatic carbocycles. The number of aromatic amines is 1. The van der Waals surface area contributed by atoms with Crippen LogP contribution in [0.2, 0.25) is 0 Å². The molecular formula is C15H14Cl3N3O2. The Morgan fingerprint density at radius 3 is 2.48 bits per heavy atom. The van der Waals surface area contributed by atoms with Gasteiger partial charge in [-0.05, 0) is 12.1 Å². The molecule has 8 heteroatoms. The van der Waals surface area contributed by atoms with Gasteiger partial charge < -0.3 is 14.8 Å². The Kier molecular flexibility index (Phi) is 4.45. The average molecular weight is 375 g/mol. The third-order valence-corrected chi connectivity index (χ3v) is 4.48. The fraction of sp³-hybridized carbons (Fsp3) is 0.333. The molecule has 1 saturated heterocycles. The Morgan fingerprint density at radius 2 is 1.87 bits per heavy atom. The van der Waals surface area contributed by atoms with Gasteiger partial charge in [-0.1, -0.05) is 40.9 Å². The van der Waals surface area contributed by atoms with E-state index >= 15 is 0 Å². The van der Waals surface area contributed by atoms with Gasteiger partial charge in [0.1, 0.15) is 0 Å². The van der Waals surface area contributed by atoms with Crippen molar-refractivity contribution in [2.45, 2.75) is 3.79 Å². The van der Waals surface area contributed by atoms with E-state index in [1.165, 1.54) is 0 Å². The SMILES string of the molecule is O=Cc1c[nH]c2cccc(N3CCN(C(=O)C(Cl)(Cl)Cl)CC3)c12. The minimum absolute atomic E-state index is 0.462. The largest absolute Gasteiger partial charge is 0.367 e. The van der Waals surface area contributed by atoms with Gasteiger partial charge in [0.15, 0.2) is 6.29 Å². The maximum absolute atomic E-state index is 12.0. The average Bonchev–Trinajstić information content (AvgIpc) is 2.96. The Bertz CT molecular complexity index is 746. The maximum Gasteiger partial charge on any atom is 0.274 e. The van der Waals surface area contributed by atoms with Gasteiger partial charge in [0, 0.05) is 54.5 Å². The lowest BCUT2D eigenvalue weighted by Gasteiger charge is -2.37. The van der Waals surface area contributed by atoms with Crippen LogP contribution in [0.4, 0.5) is 5.69 Å². The van der Waals surface area contributed by atoms with Gasteiger partial charge in [0.05, 0.1) is 0 Å². The first kappa shape index (κ1) is 16.4. The number of nitrogens with one attached hydrogen (secondary N) is 1. The van der Waals surface area contributed by atoms with E-state index in [-0.39, 0.29) is 0 Å². The Hall–Kier alpha value is -1.43. The fourth-order valence-corrected chi connectivity index (χ4v) is 3.24. The van der Waals surface area contributed by atoms with Crippen LogP contribution in [0.1, 0.15) is 10.4 Å². The summed E-state index contributed by atoms with van der Waals surface area (Å²) < 4.78 is -1.92. The Morgan fingerprint density at radius 1 is 1.17 bits per heavy atom. The first-order valence-electron chi connectivity index (χ1n) is 7.08. The lowest BCUT2D eigenvalue weighted by atomic mass is 10.1. The van der Waals surface area contributed by atoms with Crippen molar-refractivity contribution in [3.63, 3.8) is 0 Å². The molecule has 0 radical (unpaired) electrons. The fourth-order valence-electron chi connectivity index (χ4n) is 2.88. The van der Waals surface area contributed by atoms with E-state index in [1.54, 1.807) is 11.1 Å². The molecule has 3 rings (SSSR count). The Balaban J connectivity index is 1.82. The van der Waals surface area contributed by atoms with Crippen LogP contribution in [0.3, 0.4) is 0 Å². The second kappa shape index (κ2) is 6.23. The summed E-state index contributed by atoms with van der Waals surface area (Å²) in [5, 5.41) is 0.892. The summed E-state index contributed by atoms with van der Waals surface area (Å²) in [6, 6.07) is 5.83. The number of fused-ring (bicyclic) bond motifs is 1. The number of amides is 1. The topological polar surface area (TPSA) is 56.4 Å². The van der Waals surface area contributed by atoms with Gasteiger partial charge in [-0.25, -0.2) is 0 Å². The highest BCUT2D eigenvalue weighted by molar-refractivity contribution is 6.76. The van der Waals surface area contributed by atoms with Crippen molar-refractivity contribution in [1.29, 1.82) is 0 Å². The number of nitrogens with zero attached hydrogens (tertiary/aromatic N) is 2. The zero-order valence-electron chi connectivity index (χ0n) is 12.1. The Labute approximate surface area is 148 Å². The highest BCUT2D eigenvalue weighted by atomic mass is 35.6. The number of aldehydes is 1. The molecule has 0 bridgehead atoms. The van der Waals surface area contributed by atoms with Gasteiger partial charge in [0.25, 0.3) is 9.70 Å². The minimum atomic E-state index is -1.92. The smallest absolute Gasteiger partial charge is 0.274 e. The monoisotopic (exact) mass is 373 g/mol. The van der Waals surface area contributed by atoms with Crippen molar-refractivity contribution in [3.8, 4) is 0 Å². The molecule has 0 saturated carbocycles. The first-order chi connectivity index (χ1) is 10.9. The van der Waals surface area contributed by atoms with Crippen molar-refractivity contribution in [2.24, 2.45) is 0 Å². The van der Waals surface area contributed by atoms with Crippen LogP contribution in [0, 0.1) is 0 Å². The summed E-state index contributed by atoms with van der Waals surface area (Å²) in [5.74, 6) is -0.504. The number of H-pyrrole nitrogens is 1. The summed E-state index contributed by atoms with van der Waals surface area (Å²) in [6.45, 7) is 2.14. The van der Waals surface area contributed by atoms with E-state index in [0.717, 1.165) is 22.9 Å². The molecule has 1 N–H and O–H groups in total. The minimum Gasteiger partial charge on any atom is -0.367 e. The van der Waals surface area contributed by atoms with E-state index in [4.69, 9.17) is 34.8 Å². The van der Waals surface area contributed by atoms with Crippen LogP contribution in [0.5, 0.6) is 0 Å². The number of hydrogen-bond acceptors (Lipinski definition) is 3. The molecule has 1 amide bonds. The highest BCUT2D eigenvalue weighted by Crippen LogP contribution is 2.32. The molecule has 0 atom stereocenters. The lowest BCUT2D eigenvalue weighted by molar-refractivity contribution is -0.130. The molecule has 0 spiro atoms. The molecule has 1 aromatic carbocycles. The van der Waals surface area contributed by atoms with Crippen LogP contribution in [-0.4, -0.2) is 52.0 Å². The van der Waals surface area contributed by atoms with Crippen LogP contribution in [0.25, 0.3) is 10.9 Å². The number of aromatic nitrogens is 1. The van der Waals surface area contributed by atoms with Crippen molar-refractivity contribution in [3.05, 3.63) is 30.0 Å². The summed E-state index contributed by atoms with van der Waals surface area (Å²) in [5.41, 5.74) is 2.49. The van der Waals surface area contributed by atoms with E-state index in [9.17, 15) is 9.59 Å². The van der Waals surface area contributed by atoms with E-state index in [2.05, 4.69) is 9.88 Å². The number of anilines is 1. The number of alkyl halides is 3. The normalized spacial score (nSPS) is 16.0. The van der Waals surface area contributed by atoms with Crippen molar-refractivity contribution in [1.82, 2.24) is 9.88 Å². The van der Waals surface area contributed by atoms with Crippen molar-refractivity contribution in [2.75, 3.05) is 31.1 Å². The number of benzene rings is 1. The summed E-state index contributed by atoms with van der Waals surface area (Å²) in [6.07, 6.45) is 2.54. The number of carbonyl (C=O) groups excluding carboxylic acids is 2. The van der Waals surface area contributed by atoms with Gasteiger partial charge in [-0.2, -0.15) is 0 Å². The number of carbonyl (C=O) groups is 2. The lowest BCUT2D eigenvalue weighted by Crippen LogP contribution is -2.51. The quantitative estimate of drug-likeness (QED) is 0.649. The molecule has 1 fully saturated rings. The maximum atomic E-state index is 12.0. The molecular weight excluding hydrogens is 361 g/mol. The summed E-state index contributed by atoms with van der Waals surface area (Å²) >= 11 is 17.0. The second-order valence-corrected chi connectivity index (χ2v) is 7.62. The molecule has 0 unspecified atom stereocenters. The molecule has 122 valence electrons. The van der Waals surface area contributed by atoms with Gasteiger partial charge in [-0.15, -0.1) is 0 Å². The molecule has 23 heavy (non-hydrogen) atoms. The van der Waals surface area contributed by atoms with Gasteiger partial charge in [-0.3, -0.25) is 9.59 Å². The standard InChI is InChI=1S/C15H14Cl3N3O2/c16-15(17,18)14(23)21-6-4-20(5-7-21)12-3-1-2-11-13(12)10(9-22)8-19-11/h1-3,8-9,19H,4-7H2. The van der Waals surface area contributed by atoms with Crippen LogP contribution < -0.4 is 4.90 Å². The molecule has 1 aromatic heterocycles. The van der Waals surface area contributed by atoms with Gasteiger partial charge in [0.2, 0.25) is 0 Å². The summed E-state index contributed by atoms with van der Waals surface area (Å²) in [7, 11) is 0. The van der Waals surface area contributed by atoms with Gasteiger partial charge >= 0.3 is 0 Å². The zero-order valence-corrected chi connectivity index (χ0v) is 14.3. The first-order valence-corrected chi connectivity index (χ1v) is 8.21. The number of piperazine rings is 1. The number of hydrogen-bond donors (Lipinski definition) is 1. The molecule has 2 heterocycles. The predicted octanol–water partition coefficient (Wildman–Crippen LogP) is 3.00. The van der Waals surface area contributed by atoms with Crippen LogP contribution >= 0.6 is 34.8 Å². The van der Waals surface area contributed by atoms with E-state index in [1.807, 2.05) is 18.2 Å². The zero-order chi connectivity index (χ0) is 16.6. The third kappa shape index (κ3) is 3.13. The van der Waals surface area contributed by atoms with Crippen LogP contribution in [-0.2, 0) is 4.79 Å². The molecule has 5 nitrogen and oxygen atoms in total. The third-order valence-electron chi connectivity index (χ3n) is 3.99. The van der Waals surface area contributed by atoms with E-state index in [0.29, 0.717) is 31.7 Å². The second-order valence-electron chi connectivity index (χ2n) is 5.34. The molecule has 1 aliphatic rings. The number of halogens is 3. The van der Waals surface area contributed by atoms with E-state index < -0.39 is 9.70 Å². The van der Waals surface area contributed by atoms with Crippen LogP contribution in [0.15, 0.2) is 24.4 Å². The van der Waals surface area contributed by atoms with Crippen molar-refractivity contribution < 1.29 is 9.59 Å². The molecule has 1 aliphatic heterocycles. The van der Waals surface area contributed by atoms with Crippen molar-refractivity contribution >= 4 is 63.6 Å².